The van der Waals surface area contributed by atoms with Gasteiger partial charge >= 0.3 is 0 Å². The van der Waals surface area contributed by atoms with Gasteiger partial charge in [-0.2, -0.15) is 0 Å². The van der Waals surface area contributed by atoms with Crippen molar-refractivity contribution < 1.29 is 17.9 Å². The van der Waals surface area contributed by atoms with E-state index in [2.05, 4.69) is 4.90 Å². The van der Waals surface area contributed by atoms with Gasteiger partial charge < -0.3 is 14.5 Å². The molecule has 0 N–H and O–H groups in total. The first-order valence-electron chi connectivity index (χ1n) is 10.2. The molecule has 0 radical (unpaired) electrons. The summed E-state index contributed by atoms with van der Waals surface area (Å²) in [6.07, 6.45) is 0. The summed E-state index contributed by atoms with van der Waals surface area (Å²) in [5.74, 6) is 0.773. The van der Waals surface area contributed by atoms with E-state index in [1.54, 1.807) is 48.9 Å². The lowest BCUT2D eigenvalue weighted by Crippen LogP contribution is -2.48. The molecule has 1 saturated heterocycles. The van der Waals surface area contributed by atoms with Gasteiger partial charge in [0.25, 0.3) is 15.9 Å². The minimum absolute atomic E-state index is 0.0466. The number of hydrogen-bond donors (Lipinski definition) is 0. The van der Waals surface area contributed by atoms with Crippen LogP contribution in [0.3, 0.4) is 0 Å². The zero-order valence-electron chi connectivity index (χ0n) is 18.0. The number of amides is 1. The molecule has 2 heterocycles. The molecule has 4 rings (SSSR count). The Balaban J connectivity index is 1.39. The number of hydrogen-bond acceptors (Lipinski definition) is 6. The lowest BCUT2D eigenvalue weighted by Gasteiger charge is -2.36. The second-order valence-corrected chi connectivity index (χ2v) is 10.6. The zero-order valence-corrected chi connectivity index (χ0v) is 19.6. The summed E-state index contributed by atoms with van der Waals surface area (Å²) in [6, 6.07) is 17.9. The van der Waals surface area contributed by atoms with Crippen molar-refractivity contribution in [3.8, 4) is 5.75 Å². The highest BCUT2D eigenvalue weighted by atomic mass is 32.2. The summed E-state index contributed by atoms with van der Waals surface area (Å²) < 4.78 is 32.1. The molecule has 0 aliphatic carbocycles. The maximum atomic E-state index is 13.0. The molecule has 1 aliphatic heterocycles. The molecule has 1 fully saturated rings. The van der Waals surface area contributed by atoms with Crippen molar-refractivity contribution in [2.24, 2.45) is 0 Å². The van der Waals surface area contributed by atoms with E-state index in [0.717, 1.165) is 24.5 Å². The summed E-state index contributed by atoms with van der Waals surface area (Å²) in [7, 11) is -0.433. The summed E-state index contributed by atoms with van der Waals surface area (Å²) in [5, 5.41) is 1.73. The maximum absolute atomic E-state index is 13.0. The van der Waals surface area contributed by atoms with E-state index >= 15 is 0 Å². The number of anilines is 2. The Morgan fingerprint density at radius 1 is 0.969 bits per heavy atom. The number of thiophene rings is 1. The molecule has 1 amide bonds. The molecular formula is C23H25N3O4S2. The maximum Gasteiger partial charge on any atom is 0.273 e. The Morgan fingerprint density at radius 2 is 1.62 bits per heavy atom. The molecule has 0 atom stereocenters. The lowest BCUT2D eigenvalue weighted by atomic mass is 10.1. The first-order chi connectivity index (χ1) is 15.4. The van der Waals surface area contributed by atoms with E-state index in [4.69, 9.17) is 4.74 Å². The van der Waals surface area contributed by atoms with E-state index in [0.29, 0.717) is 24.3 Å². The van der Waals surface area contributed by atoms with Gasteiger partial charge in [-0.15, -0.1) is 11.3 Å². The SMILES string of the molecule is COc1ccc(N2CCN(C(=O)c3ccc(N(C)S(=O)(=O)c4cccs4)cc3)CC2)cc1. The molecule has 0 unspecified atom stereocenters. The van der Waals surface area contributed by atoms with Crippen LogP contribution in [-0.2, 0) is 10.0 Å². The van der Waals surface area contributed by atoms with Crippen LogP contribution in [0.4, 0.5) is 11.4 Å². The molecule has 9 heteroatoms. The van der Waals surface area contributed by atoms with E-state index in [9.17, 15) is 13.2 Å². The van der Waals surface area contributed by atoms with Gasteiger partial charge in [0.2, 0.25) is 0 Å². The number of methoxy groups -OCH3 is 1. The quantitative estimate of drug-likeness (QED) is 0.550. The molecule has 32 heavy (non-hydrogen) atoms. The van der Waals surface area contributed by atoms with Crippen molar-refractivity contribution in [3.05, 3.63) is 71.6 Å². The third kappa shape index (κ3) is 4.44. The van der Waals surface area contributed by atoms with E-state index in [1.807, 2.05) is 29.2 Å². The minimum Gasteiger partial charge on any atom is -0.497 e. The fraction of sp³-hybridized carbons (Fsp3) is 0.261. The monoisotopic (exact) mass is 471 g/mol. The third-order valence-corrected chi connectivity index (χ3v) is 8.75. The van der Waals surface area contributed by atoms with E-state index < -0.39 is 10.0 Å². The number of nitrogens with zero attached hydrogens (tertiary/aromatic N) is 3. The largest absolute Gasteiger partial charge is 0.497 e. The predicted molar refractivity (Wildman–Crippen MR) is 127 cm³/mol. The fourth-order valence-electron chi connectivity index (χ4n) is 3.64. The Hall–Kier alpha value is -3.04. The summed E-state index contributed by atoms with van der Waals surface area (Å²) >= 11 is 1.18. The zero-order chi connectivity index (χ0) is 22.7. The number of benzene rings is 2. The summed E-state index contributed by atoms with van der Waals surface area (Å²) in [5.41, 5.74) is 2.17. The highest BCUT2D eigenvalue weighted by Crippen LogP contribution is 2.26. The number of carbonyl (C=O) groups is 1. The van der Waals surface area contributed by atoms with Crippen molar-refractivity contribution in [1.82, 2.24) is 4.90 Å². The first-order valence-corrected chi connectivity index (χ1v) is 12.5. The predicted octanol–water partition coefficient (Wildman–Crippen LogP) is 3.54. The van der Waals surface area contributed by atoms with Crippen LogP contribution in [0.2, 0.25) is 0 Å². The van der Waals surface area contributed by atoms with E-state index in [1.165, 1.54) is 22.7 Å². The molecule has 0 spiro atoms. The van der Waals surface area contributed by atoms with Crippen molar-refractivity contribution in [1.29, 1.82) is 0 Å². The highest BCUT2D eigenvalue weighted by Gasteiger charge is 2.24. The molecule has 168 valence electrons. The van der Waals surface area contributed by atoms with Crippen LogP contribution >= 0.6 is 11.3 Å². The standard InChI is InChI=1S/C23H25N3O4S2/c1-24(32(28,29)22-4-3-17-31-22)19-7-5-18(6-8-19)23(27)26-15-13-25(14-16-26)20-9-11-21(30-2)12-10-20/h3-12,17H,13-16H2,1-2H3. The summed E-state index contributed by atoms with van der Waals surface area (Å²) in [6.45, 7) is 2.74. The Morgan fingerprint density at radius 3 is 2.19 bits per heavy atom. The van der Waals surface area contributed by atoms with Gasteiger partial charge in [0.15, 0.2) is 0 Å². The molecule has 1 aromatic heterocycles. The topological polar surface area (TPSA) is 70.2 Å². The van der Waals surface area contributed by atoms with E-state index in [-0.39, 0.29) is 10.1 Å². The number of carbonyl (C=O) groups excluding carboxylic acids is 1. The van der Waals surface area contributed by atoms with Crippen molar-refractivity contribution in [2.75, 3.05) is 49.5 Å². The second-order valence-electron chi connectivity index (χ2n) is 7.43. The van der Waals surface area contributed by atoms with Gasteiger partial charge in [-0.3, -0.25) is 9.10 Å². The molecule has 1 aliphatic rings. The molecule has 0 bridgehead atoms. The number of rotatable bonds is 6. The molecule has 0 saturated carbocycles. The Bertz CT molecular complexity index is 1150. The second kappa shape index (κ2) is 9.22. The molecule has 3 aromatic rings. The van der Waals surface area contributed by atoms with Gasteiger partial charge in [-0.1, -0.05) is 6.07 Å². The Labute approximate surface area is 192 Å². The average molecular weight is 472 g/mol. The minimum atomic E-state index is -3.60. The van der Waals surface area contributed by atoms with Crippen LogP contribution in [0.15, 0.2) is 70.3 Å². The Kier molecular flexibility index (Phi) is 6.38. The molecular weight excluding hydrogens is 446 g/mol. The molecule has 7 nitrogen and oxygen atoms in total. The lowest BCUT2D eigenvalue weighted by molar-refractivity contribution is 0.0747. The van der Waals surface area contributed by atoms with Gasteiger partial charge in [-0.25, -0.2) is 8.42 Å². The van der Waals surface area contributed by atoms with Crippen molar-refractivity contribution in [2.45, 2.75) is 4.21 Å². The number of sulfonamides is 1. The van der Waals surface area contributed by atoms with Gasteiger partial charge in [-0.05, 0) is 60.0 Å². The average Bonchev–Trinajstić information content (AvgIpc) is 3.39. The van der Waals surface area contributed by atoms with Gasteiger partial charge in [0.05, 0.1) is 12.8 Å². The smallest absolute Gasteiger partial charge is 0.273 e. The van der Waals surface area contributed by atoms with Crippen LogP contribution in [0, 0.1) is 0 Å². The highest BCUT2D eigenvalue weighted by molar-refractivity contribution is 7.94. The van der Waals surface area contributed by atoms with Gasteiger partial charge in [0.1, 0.15) is 9.96 Å². The summed E-state index contributed by atoms with van der Waals surface area (Å²) in [4.78, 5) is 17.0. The normalized spacial score (nSPS) is 14.3. The third-order valence-electron chi connectivity index (χ3n) is 5.59. The van der Waals surface area contributed by atoms with Crippen molar-refractivity contribution in [3.63, 3.8) is 0 Å². The van der Waals surface area contributed by atoms with Gasteiger partial charge in [0, 0.05) is 44.5 Å². The number of ether oxygens (including phenoxy) is 1. The van der Waals surface area contributed by atoms with Crippen LogP contribution in [-0.4, -0.2) is 59.6 Å². The molecule has 2 aromatic carbocycles. The van der Waals surface area contributed by atoms with Crippen molar-refractivity contribution >= 4 is 38.6 Å². The van der Waals surface area contributed by atoms with Crippen LogP contribution in [0.25, 0.3) is 0 Å². The first kappa shape index (κ1) is 22.2. The van der Waals surface area contributed by atoms with Crippen LogP contribution in [0.1, 0.15) is 10.4 Å². The van der Waals surface area contributed by atoms with Crippen LogP contribution < -0.4 is 13.9 Å². The number of piperazine rings is 1. The van der Waals surface area contributed by atoms with Crippen LogP contribution in [0.5, 0.6) is 5.75 Å². The fourth-order valence-corrected chi connectivity index (χ4v) is 6.00.